The minimum atomic E-state index is 0.725. The second-order valence-electron chi connectivity index (χ2n) is 3.97. The van der Waals surface area contributed by atoms with E-state index in [1.165, 1.54) is 10.6 Å². The molecule has 1 aromatic rings. The van der Waals surface area contributed by atoms with E-state index in [9.17, 15) is 5.21 Å². The van der Waals surface area contributed by atoms with Crippen molar-refractivity contribution in [3.05, 3.63) is 29.8 Å². The van der Waals surface area contributed by atoms with Gasteiger partial charge >= 0.3 is 0 Å². The predicted molar refractivity (Wildman–Crippen MR) is 59.5 cm³/mol. The van der Waals surface area contributed by atoms with E-state index in [-0.39, 0.29) is 0 Å². The molecule has 2 rings (SSSR count). The maximum atomic E-state index is 9.22. The van der Waals surface area contributed by atoms with Crippen LogP contribution in [0.25, 0.3) is 0 Å². The Kier molecular flexibility index (Phi) is 3.20. The number of nitrogens with two attached hydrogens (primary N) is 1. The molecule has 1 aliphatic heterocycles. The summed E-state index contributed by atoms with van der Waals surface area (Å²) >= 11 is 0. The molecule has 1 heterocycles. The van der Waals surface area contributed by atoms with Crippen LogP contribution in [0.15, 0.2) is 24.3 Å². The molecule has 0 unspecified atom stereocenters. The molecule has 0 amide bonds. The molecule has 1 aromatic carbocycles. The van der Waals surface area contributed by atoms with Crippen LogP contribution < -0.4 is 5.73 Å². The van der Waals surface area contributed by atoms with Gasteiger partial charge in [0.1, 0.15) is 0 Å². The smallest absolute Gasteiger partial charge is 0.0366 e. The minimum Gasteiger partial charge on any atom is -0.399 e. The van der Waals surface area contributed by atoms with Crippen LogP contribution in [0.4, 0.5) is 5.69 Å². The number of nitrogens with zero attached hydrogens (tertiary/aromatic N) is 2. The van der Waals surface area contributed by atoms with Crippen molar-refractivity contribution < 1.29 is 5.21 Å². The van der Waals surface area contributed by atoms with E-state index < -0.39 is 0 Å². The maximum Gasteiger partial charge on any atom is 0.0366 e. The lowest BCUT2D eigenvalue weighted by molar-refractivity contribution is -0.118. The largest absolute Gasteiger partial charge is 0.399 e. The molecule has 0 saturated carbocycles. The Balaban J connectivity index is 1.92. The molecule has 0 aromatic heterocycles. The van der Waals surface area contributed by atoms with Gasteiger partial charge in [-0.25, -0.2) is 0 Å². The molecule has 0 spiro atoms. The molecular formula is C11H17N3O. The van der Waals surface area contributed by atoms with Gasteiger partial charge in [0, 0.05) is 38.4 Å². The van der Waals surface area contributed by atoms with Crippen LogP contribution in [-0.2, 0) is 6.54 Å². The first-order chi connectivity index (χ1) is 7.24. The summed E-state index contributed by atoms with van der Waals surface area (Å²) in [6.45, 7) is 4.18. The SMILES string of the molecule is Nc1cccc(CN2CCN(O)CC2)c1. The van der Waals surface area contributed by atoms with Gasteiger partial charge in [-0.15, -0.1) is 0 Å². The van der Waals surface area contributed by atoms with Gasteiger partial charge in [0.15, 0.2) is 0 Å². The lowest BCUT2D eigenvalue weighted by Crippen LogP contribution is -2.44. The second kappa shape index (κ2) is 4.61. The molecule has 82 valence electrons. The van der Waals surface area contributed by atoms with E-state index in [2.05, 4.69) is 11.0 Å². The third-order valence-electron chi connectivity index (χ3n) is 2.71. The van der Waals surface area contributed by atoms with E-state index in [4.69, 9.17) is 5.73 Å². The van der Waals surface area contributed by atoms with Gasteiger partial charge in [-0.2, -0.15) is 5.06 Å². The van der Waals surface area contributed by atoms with Crippen molar-refractivity contribution in [3.8, 4) is 0 Å². The molecule has 3 N–H and O–H groups in total. The minimum absolute atomic E-state index is 0.725. The summed E-state index contributed by atoms with van der Waals surface area (Å²) in [5, 5.41) is 10.6. The van der Waals surface area contributed by atoms with Crippen molar-refractivity contribution in [2.75, 3.05) is 31.9 Å². The van der Waals surface area contributed by atoms with Crippen molar-refractivity contribution in [3.63, 3.8) is 0 Å². The van der Waals surface area contributed by atoms with Crippen LogP contribution in [0, 0.1) is 0 Å². The fourth-order valence-electron chi connectivity index (χ4n) is 1.85. The zero-order chi connectivity index (χ0) is 10.7. The molecule has 4 nitrogen and oxygen atoms in total. The molecule has 0 bridgehead atoms. The highest BCUT2D eigenvalue weighted by atomic mass is 16.5. The van der Waals surface area contributed by atoms with Gasteiger partial charge in [-0.3, -0.25) is 4.90 Å². The molecule has 0 atom stereocenters. The Morgan fingerprint density at radius 3 is 2.60 bits per heavy atom. The number of rotatable bonds is 2. The van der Waals surface area contributed by atoms with E-state index in [0.717, 1.165) is 38.4 Å². The Labute approximate surface area is 89.9 Å². The highest BCUT2D eigenvalue weighted by Crippen LogP contribution is 2.10. The Bertz CT molecular complexity index is 321. The molecule has 4 heteroatoms. The lowest BCUT2D eigenvalue weighted by atomic mass is 10.2. The monoisotopic (exact) mass is 207 g/mol. The fraction of sp³-hybridized carbons (Fsp3) is 0.455. The molecule has 15 heavy (non-hydrogen) atoms. The highest BCUT2D eigenvalue weighted by molar-refractivity contribution is 5.40. The number of hydrogen-bond donors (Lipinski definition) is 2. The van der Waals surface area contributed by atoms with E-state index >= 15 is 0 Å². The predicted octanol–water partition coefficient (Wildman–Crippen LogP) is 0.776. The number of anilines is 1. The number of hydrogen-bond acceptors (Lipinski definition) is 4. The van der Waals surface area contributed by atoms with Gasteiger partial charge in [-0.1, -0.05) is 12.1 Å². The number of hydroxylamine groups is 2. The lowest BCUT2D eigenvalue weighted by Gasteiger charge is -2.31. The Morgan fingerprint density at radius 1 is 1.20 bits per heavy atom. The van der Waals surface area contributed by atoms with Crippen molar-refractivity contribution in [2.45, 2.75) is 6.54 Å². The maximum absolute atomic E-state index is 9.22. The number of nitrogen functional groups attached to an aromatic ring is 1. The normalized spacial score (nSPS) is 19.3. The van der Waals surface area contributed by atoms with Crippen molar-refractivity contribution >= 4 is 5.69 Å². The number of piperazine rings is 1. The standard InChI is InChI=1S/C11H17N3O/c12-11-3-1-2-10(8-11)9-13-4-6-14(15)7-5-13/h1-3,8,15H,4-7,9,12H2. The molecular weight excluding hydrogens is 190 g/mol. The summed E-state index contributed by atoms with van der Waals surface area (Å²) in [6.07, 6.45) is 0. The van der Waals surface area contributed by atoms with E-state index in [1.807, 2.05) is 18.2 Å². The highest BCUT2D eigenvalue weighted by Gasteiger charge is 2.14. The summed E-state index contributed by atoms with van der Waals surface area (Å²) in [5.41, 5.74) is 7.77. The molecule has 1 aliphatic rings. The number of benzene rings is 1. The van der Waals surface area contributed by atoms with E-state index in [0.29, 0.717) is 0 Å². The third-order valence-corrected chi connectivity index (χ3v) is 2.71. The average Bonchev–Trinajstić information content (AvgIpc) is 2.22. The topological polar surface area (TPSA) is 52.7 Å². The average molecular weight is 207 g/mol. The molecule has 1 saturated heterocycles. The zero-order valence-corrected chi connectivity index (χ0v) is 8.76. The summed E-state index contributed by atoms with van der Waals surface area (Å²) in [6, 6.07) is 7.97. The third kappa shape index (κ3) is 2.92. The van der Waals surface area contributed by atoms with Crippen molar-refractivity contribution in [1.82, 2.24) is 9.96 Å². The summed E-state index contributed by atoms with van der Waals surface area (Å²) in [5.74, 6) is 0. The van der Waals surface area contributed by atoms with Crippen molar-refractivity contribution in [2.24, 2.45) is 0 Å². The second-order valence-corrected chi connectivity index (χ2v) is 3.97. The van der Waals surface area contributed by atoms with Gasteiger partial charge in [0.25, 0.3) is 0 Å². The first-order valence-electron chi connectivity index (χ1n) is 5.24. The van der Waals surface area contributed by atoms with E-state index in [1.54, 1.807) is 0 Å². The van der Waals surface area contributed by atoms with Crippen LogP contribution in [0.3, 0.4) is 0 Å². The summed E-state index contributed by atoms with van der Waals surface area (Å²) in [4.78, 5) is 2.32. The van der Waals surface area contributed by atoms with Crippen molar-refractivity contribution in [1.29, 1.82) is 0 Å². The van der Waals surface area contributed by atoms with Gasteiger partial charge < -0.3 is 10.9 Å². The van der Waals surface area contributed by atoms with Crippen LogP contribution >= 0.6 is 0 Å². The fourth-order valence-corrected chi connectivity index (χ4v) is 1.85. The Morgan fingerprint density at radius 2 is 1.93 bits per heavy atom. The summed E-state index contributed by atoms with van der Waals surface area (Å²) < 4.78 is 0. The van der Waals surface area contributed by atoms with Gasteiger partial charge in [-0.05, 0) is 17.7 Å². The van der Waals surface area contributed by atoms with Gasteiger partial charge in [0.2, 0.25) is 0 Å². The molecule has 0 radical (unpaired) electrons. The Hall–Kier alpha value is -1.10. The zero-order valence-electron chi connectivity index (χ0n) is 8.76. The van der Waals surface area contributed by atoms with Crippen LogP contribution in [0.1, 0.15) is 5.56 Å². The summed E-state index contributed by atoms with van der Waals surface area (Å²) in [7, 11) is 0. The van der Waals surface area contributed by atoms with Crippen LogP contribution in [0.2, 0.25) is 0 Å². The van der Waals surface area contributed by atoms with Crippen LogP contribution in [0.5, 0.6) is 0 Å². The van der Waals surface area contributed by atoms with Gasteiger partial charge in [0.05, 0.1) is 0 Å². The molecule has 0 aliphatic carbocycles. The van der Waals surface area contributed by atoms with Crippen LogP contribution in [-0.4, -0.2) is 41.3 Å². The first-order valence-corrected chi connectivity index (χ1v) is 5.24. The quantitative estimate of drug-likeness (QED) is 0.704. The molecule has 1 fully saturated rings. The first kappa shape index (κ1) is 10.4.